The van der Waals surface area contributed by atoms with Crippen molar-refractivity contribution in [2.45, 2.75) is 115 Å². The van der Waals surface area contributed by atoms with E-state index in [9.17, 15) is 49.2 Å². The average molecular weight is 825 g/mol. The number of methoxy groups -OCH3 is 1. The van der Waals surface area contributed by atoms with E-state index in [1.54, 1.807) is 0 Å². The van der Waals surface area contributed by atoms with E-state index in [0.717, 1.165) is 6.42 Å². The highest BCUT2D eigenvalue weighted by molar-refractivity contribution is 6.55. The van der Waals surface area contributed by atoms with Crippen LogP contribution in [0.5, 0.6) is 5.75 Å². The zero-order chi connectivity index (χ0) is 43.6. The van der Waals surface area contributed by atoms with Gasteiger partial charge in [0.1, 0.15) is 37.3 Å². The summed E-state index contributed by atoms with van der Waals surface area (Å²) in [6.07, 6.45) is -5.94. The van der Waals surface area contributed by atoms with Gasteiger partial charge in [-0.1, -0.05) is 25.8 Å². The molecular formula is C37H53BN2O18. The van der Waals surface area contributed by atoms with Gasteiger partial charge in [0.25, 0.3) is 5.91 Å². The number of ketones is 2. The van der Waals surface area contributed by atoms with E-state index in [-0.39, 0.29) is 67.3 Å². The maximum atomic E-state index is 13.5. The van der Waals surface area contributed by atoms with Gasteiger partial charge in [0.2, 0.25) is 25.9 Å². The van der Waals surface area contributed by atoms with Crippen molar-refractivity contribution in [3.63, 3.8) is 0 Å². The number of carbonyl (C=O) groups is 6. The van der Waals surface area contributed by atoms with Crippen LogP contribution in [-0.4, -0.2) is 153 Å². The quantitative estimate of drug-likeness (QED) is 0.0492. The highest BCUT2D eigenvalue weighted by Crippen LogP contribution is 2.28. The number of aliphatic carboxylic acids is 1. The van der Waals surface area contributed by atoms with Crippen LogP contribution in [0.3, 0.4) is 0 Å². The first-order valence-corrected chi connectivity index (χ1v) is 18.5. The summed E-state index contributed by atoms with van der Waals surface area (Å²) in [5.41, 5.74) is 0.0439. The number of hydrogen-bond donors (Lipinski definition) is 6. The highest BCUT2D eigenvalue weighted by atomic mass is 16.7. The Hall–Kier alpha value is -4.60. The van der Waals surface area contributed by atoms with Crippen LogP contribution in [0.25, 0.3) is 0 Å². The number of ether oxygens (including phenoxy) is 6. The van der Waals surface area contributed by atoms with Crippen molar-refractivity contribution in [2.24, 2.45) is 0 Å². The van der Waals surface area contributed by atoms with E-state index < -0.39 is 66.4 Å². The van der Waals surface area contributed by atoms with Crippen molar-refractivity contribution < 1.29 is 87.2 Å². The largest absolute Gasteiger partial charge is 0.479 e. The second-order valence-electron chi connectivity index (χ2n) is 13.0. The minimum atomic E-state index is -1.97. The van der Waals surface area contributed by atoms with E-state index in [2.05, 4.69) is 10.6 Å². The monoisotopic (exact) mass is 824 g/mol. The van der Waals surface area contributed by atoms with Gasteiger partial charge in [0, 0.05) is 33.2 Å². The Bertz CT molecular complexity index is 1510. The van der Waals surface area contributed by atoms with Gasteiger partial charge in [-0.2, -0.15) is 9.59 Å². The summed E-state index contributed by atoms with van der Waals surface area (Å²) in [5.74, 6) is -4.71. The summed E-state index contributed by atoms with van der Waals surface area (Å²) >= 11 is 0. The molecule has 1 aromatic carbocycles. The predicted octanol–water partition coefficient (Wildman–Crippen LogP) is -0.259. The number of hydrogen-bond acceptors (Lipinski definition) is 17. The Labute approximate surface area is 336 Å². The Kier molecular flexibility index (Phi) is 25.5. The molecule has 1 heterocycles. The van der Waals surface area contributed by atoms with Crippen molar-refractivity contribution in [2.75, 3.05) is 40.1 Å². The van der Waals surface area contributed by atoms with E-state index in [1.807, 2.05) is 6.92 Å². The topological polar surface area (TPSA) is 297 Å². The van der Waals surface area contributed by atoms with Crippen molar-refractivity contribution in [1.29, 1.82) is 0 Å². The number of unbranched alkanes of at least 4 members (excludes halogenated alkanes) is 2. The molecule has 322 valence electrons. The summed E-state index contributed by atoms with van der Waals surface area (Å²) in [4.78, 5) is 90.8. The third-order valence-corrected chi connectivity index (χ3v) is 8.42. The Morgan fingerprint density at radius 1 is 0.879 bits per heavy atom. The molecule has 2 rings (SSSR count). The number of carbonyl (C=O) groups excluding carboxylic acids is 7. The average Bonchev–Trinajstić information content (AvgIpc) is 3.18. The van der Waals surface area contributed by atoms with Gasteiger partial charge >= 0.3 is 12.1 Å². The molecule has 1 aliphatic rings. The van der Waals surface area contributed by atoms with Gasteiger partial charge in [-0.15, -0.1) is 0 Å². The Morgan fingerprint density at radius 3 is 2.19 bits per heavy atom. The summed E-state index contributed by atoms with van der Waals surface area (Å²) in [5, 5.41) is 45.3. The minimum absolute atomic E-state index is 0.0724. The number of nitrogens with one attached hydrogen (secondary N) is 2. The number of carboxylic acids is 1. The highest BCUT2D eigenvalue weighted by Gasteiger charge is 2.48. The lowest BCUT2D eigenvalue weighted by Crippen LogP contribution is -2.61. The smallest absolute Gasteiger partial charge is 0.373 e. The standard InChI is InChI=1S/C36H53BN2O16.CO2/c1-4-14-51-16-17-52-20-28(42)39-24(26(41)11-8-15-50-3)9-6-5-7-10-25(40)21(2)38-33(46)23-18-22(19-53-36(37)49)12-13-27(23)54-35-31(45)29(43)30(44)32(55-35)34(47)48;2-1-3/h12-13,18,21,24,29-32,35,43-45H,4-11,14-17,19-20H2,1-3H3,(H,38,46)(H,39,42)(H,47,48);/t21-,24-,29-,30-,31+,32-,35+;/m0./s1. The van der Waals surface area contributed by atoms with Crippen LogP contribution in [-0.2, 0) is 59.1 Å². The third kappa shape index (κ3) is 19.2. The van der Waals surface area contributed by atoms with Gasteiger partial charge in [-0.3, -0.25) is 24.0 Å². The molecule has 20 nitrogen and oxygen atoms in total. The fourth-order valence-electron chi connectivity index (χ4n) is 5.42. The molecule has 0 unspecified atom stereocenters. The van der Waals surface area contributed by atoms with Gasteiger partial charge in [0.15, 0.2) is 17.7 Å². The molecule has 1 aliphatic heterocycles. The van der Waals surface area contributed by atoms with Gasteiger partial charge in [0.05, 0.1) is 30.9 Å². The zero-order valence-corrected chi connectivity index (χ0v) is 32.8. The van der Waals surface area contributed by atoms with Crippen molar-refractivity contribution in [3.05, 3.63) is 29.3 Å². The molecule has 0 saturated carbocycles. The van der Waals surface area contributed by atoms with Crippen molar-refractivity contribution >= 4 is 49.2 Å². The molecular weight excluding hydrogens is 771 g/mol. The molecule has 6 N–H and O–H groups in total. The second-order valence-corrected chi connectivity index (χ2v) is 13.0. The maximum Gasteiger partial charge on any atom is 0.373 e. The normalized spacial score (nSPS) is 19.6. The van der Waals surface area contributed by atoms with Crippen LogP contribution in [0, 0.1) is 0 Å². The molecule has 0 aromatic heterocycles. The number of aliphatic hydroxyl groups excluding tert-OH is 3. The van der Waals surface area contributed by atoms with Crippen LogP contribution in [0.1, 0.15) is 81.1 Å². The van der Waals surface area contributed by atoms with Gasteiger partial charge in [-0.25, -0.2) is 4.79 Å². The first kappa shape index (κ1) is 51.4. The van der Waals surface area contributed by atoms with Crippen LogP contribution in [0.4, 0.5) is 4.79 Å². The molecule has 1 aromatic rings. The number of carboxylic acid groups (broad SMARTS) is 1. The van der Waals surface area contributed by atoms with Gasteiger partial charge in [-0.05, 0) is 50.3 Å². The van der Waals surface area contributed by atoms with Crippen LogP contribution >= 0.6 is 0 Å². The predicted molar refractivity (Wildman–Crippen MR) is 197 cm³/mol. The van der Waals surface area contributed by atoms with Gasteiger partial charge < -0.3 is 59.5 Å². The van der Waals surface area contributed by atoms with E-state index in [4.69, 9.17) is 45.9 Å². The van der Waals surface area contributed by atoms with Crippen LogP contribution in [0.15, 0.2) is 18.2 Å². The maximum absolute atomic E-state index is 13.5. The van der Waals surface area contributed by atoms with Crippen molar-refractivity contribution in [3.8, 4) is 5.75 Å². The molecule has 0 bridgehead atoms. The minimum Gasteiger partial charge on any atom is -0.479 e. The zero-order valence-electron chi connectivity index (χ0n) is 32.8. The Morgan fingerprint density at radius 2 is 1.55 bits per heavy atom. The molecule has 2 amide bonds. The SMILES string of the molecule is O=C=O.[B]C(=O)OCc1ccc(O[C@@H]2O[C@H](C(=O)O)[C@@H](O)[C@H](O)[C@H]2O)c(C(=O)N[C@@H](C)C(=O)CCCCC[C@H](NC(=O)COCCOCCC)C(=O)CCCOC)c1. The molecule has 0 spiro atoms. The van der Waals surface area contributed by atoms with E-state index in [0.29, 0.717) is 51.9 Å². The first-order valence-electron chi connectivity index (χ1n) is 18.5. The third-order valence-electron chi connectivity index (χ3n) is 8.42. The van der Waals surface area contributed by atoms with Crippen LogP contribution < -0.4 is 15.4 Å². The molecule has 21 heteroatoms. The molecule has 2 radical (unpaired) electrons. The number of amides is 2. The lowest BCUT2D eigenvalue weighted by molar-refractivity contribution is -0.271. The lowest BCUT2D eigenvalue weighted by atomic mass is 9.99. The molecule has 0 aliphatic carbocycles. The number of aliphatic hydroxyl groups is 3. The fourth-order valence-corrected chi connectivity index (χ4v) is 5.42. The molecule has 58 heavy (non-hydrogen) atoms. The lowest BCUT2D eigenvalue weighted by Gasteiger charge is -2.38. The number of benzene rings is 1. The summed E-state index contributed by atoms with van der Waals surface area (Å²) in [6.45, 7) is 4.47. The number of Topliss-reactive ketones (excluding diaryl/α,β-unsaturated/α-hetero) is 2. The summed E-state index contributed by atoms with van der Waals surface area (Å²) < 4.78 is 31.2. The van der Waals surface area contributed by atoms with E-state index >= 15 is 0 Å². The summed E-state index contributed by atoms with van der Waals surface area (Å²) in [7, 11) is 6.58. The Balaban J connectivity index is 0.00000542. The second kappa shape index (κ2) is 28.7. The molecule has 7 atom stereocenters. The van der Waals surface area contributed by atoms with E-state index in [1.165, 1.54) is 32.2 Å². The first-order chi connectivity index (χ1) is 27.6. The molecule has 1 fully saturated rings. The molecule has 1 saturated heterocycles. The summed E-state index contributed by atoms with van der Waals surface area (Å²) in [6, 6.07) is 2.12. The van der Waals surface area contributed by atoms with Crippen molar-refractivity contribution in [1.82, 2.24) is 10.6 Å². The fraction of sp³-hybridized carbons (Fsp3) is 0.649. The number of rotatable bonds is 27. The van der Waals surface area contributed by atoms with Crippen LogP contribution in [0.2, 0.25) is 0 Å².